The van der Waals surface area contributed by atoms with Gasteiger partial charge in [-0.25, -0.2) is 4.79 Å². The molecule has 2 aromatic rings. The molecule has 2 N–H and O–H groups in total. The van der Waals surface area contributed by atoms with Gasteiger partial charge < -0.3 is 4.74 Å². The van der Waals surface area contributed by atoms with Crippen LogP contribution in [-0.2, 0) is 15.7 Å². The van der Waals surface area contributed by atoms with E-state index >= 15 is 0 Å². The van der Waals surface area contributed by atoms with Gasteiger partial charge in [0.1, 0.15) is 0 Å². The van der Waals surface area contributed by atoms with Gasteiger partial charge in [-0.2, -0.15) is 13.2 Å². The molecule has 2 amide bonds. The predicted octanol–water partition coefficient (Wildman–Crippen LogP) is 2.32. The number of carbonyl (C=O) groups excluding carboxylic acids is 3. The van der Waals surface area contributed by atoms with Crippen molar-refractivity contribution in [2.75, 3.05) is 6.61 Å². The van der Waals surface area contributed by atoms with E-state index < -0.39 is 36.1 Å². The van der Waals surface area contributed by atoms with Crippen LogP contribution in [-0.4, -0.2) is 24.4 Å². The third-order valence-corrected chi connectivity index (χ3v) is 3.11. The predicted molar refractivity (Wildman–Crippen MR) is 83.8 cm³/mol. The third kappa shape index (κ3) is 5.33. The van der Waals surface area contributed by atoms with E-state index in [1.54, 1.807) is 18.2 Å². The molecule has 0 saturated heterocycles. The number of carbonyl (C=O) groups is 3. The first-order chi connectivity index (χ1) is 12.3. The molecule has 0 spiro atoms. The van der Waals surface area contributed by atoms with E-state index in [0.29, 0.717) is 11.6 Å². The van der Waals surface area contributed by atoms with Crippen molar-refractivity contribution in [1.82, 2.24) is 10.9 Å². The van der Waals surface area contributed by atoms with Crippen molar-refractivity contribution in [3.05, 3.63) is 71.3 Å². The second-order valence-electron chi connectivity index (χ2n) is 5.02. The number of hydrogen-bond donors (Lipinski definition) is 2. The first-order valence-electron chi connectivity index (χ1n) is 7.26. The van der Waals surface area contributed by atoms with E-state index in [4.69, 9.17) is 0 Å². The number of esters is 1. The topological polar surface area (TPSA) is 84.5 Å². The summed E-state index contributed by atoms with van der Waals surface area (Å²) < 4.78 is 42.4. The van der Waals surface area contributed by atoms with Crippen molar-refractivity contribution in [1.29, 1.82) is 0 Å². The standard InChI is InChI=1S/C17H13F3N2O4/c18-17(19,20)13-8-4-7-12(9-13)16(25)26-10-14(23)21-22-15(24)11-5-2-1-3-6-11/h1-9H,10H2,(H,21,23)(H,22,24). The maximum absolute atomic E-state index is 12.6. The average Bonchev–Trinajstić information content (AvgIpc) is 2.64. The van der Waals surface area contributed by atoms with Crippen molar-refractivity contribution in [3.63, 3.8) is 0 Å². The quantitative estimate of drug-likeness (QED) is 0.643. The summed E-state index contributed by atoms with van der Waals surface area (Å²) in [5.74, 6) is -2.53. The summed E-state index contributed by atoms with van der Waals surface area (Å²) in [5, 5.41) is 0. The lowest BCUT2D eigenvalue weighted by Gasteiger charge is -2.10. The lowest BCUT2D eigenvalue weighted by atomic mass is 10.1. The van der Waals surface area contributed by atoms with Gasteiger partial charge in [0.25, 0.3) is 11.8 Å². The molecule has 0 saturated carbocycles. The largest absolute Gasteiger partial charge is 0.452 e. The number of hydrazine groups is 1. The van der Waals surface area contributed by atoms with Crippen LogP contribution in [0.5, 0.6) is 0 Å². The van der Waals surface area contributed by atoms with E-state index in [9.17, 15) is 27.6 Å². The number of amides is 2. The molecule has 0 unspecified atom stereocenters. The van der Waals surface area contributed by atoms with E-state index in [2.05, 4.69) is 10.2 Å². The molecule has 0 fully saturated rings. The summed E-state index contributed by atoms with van der Waals surface area (Å²) in [4.78, 5) is 35.0. The van der Waals surface area contributed by atoms with Gasteiger partial charge in [0, 0.05) is 5.56 Å². The number of benzene rings is 2. The molecule has 0 bridgehead atoms. The number of halogens is 3. The minimum absolute atomic E-state index is 0.300. The number of alkyl halides is 3. The van der Waals surface area contributed by atoms with Crippen molar-refractivity contribution in [3.8, 4) is 0 Å². The average molecular weight is 366 g/mol. The number of rotatable bonds is 4. The molecule has 26 heavy (non-hydrogen) atoms. The van der Waals surface area contributed by atoms with Crippen LogP contribution < -0.4 is 10.9 Å². The van der Waals surface area contributed by atoms with Crippen LogP contribution in [0.3, 0.4) is 0 Å². The second kappa shape index (κ2) is 8.15. The van der Waals surface area contributed by atoms with Crippen molar-refractivity contribution < 1.29 is 32.3 Å². The fourth-order valence-corrected chi connectivity index (χ4v) is 1.86. The summed E-state index contributed by atoms with van der Waals surface area (Å²) in [5.41, 5.74) is 3.09. The van der Waals surface area contributed by atoms with Crippen LogP contribution in [0.2, 0.25) is 0 Å². The minimum Gasteiger partial charge on any atom is -0.452 e. The molecule has 9 heteroatoms. The summed E-state index contributed by atoms with van der Waals surface area (Å²) >= 11 is 0. The highest BCUT2D eigenvalue weighted by Crippen LogP contribution is 2.29. The first kappa shape index (κ1) is 19.0. The fourth-order valence-electron chi connectivity index (χ4n) is 1.86. The van der Waals surface area contributed by atoms with Crippen molar-refractivity contribution in [2.24, 2.45) is 0 Å². The Kier molecular flexibility index (Phi) is 5.94. The molecular weight excluding hydrogens is 353 g/mol. The van der Waals surface area contributed by atoms with Gasteiger partial charge in [-0.15, -0.1) is 0 Å². The Balaban J connectivity index is 1.84. The summed E-state index contributed by atoms with van der Waals surface area (Å²) in [7, 11) is 0. The van der Waals surface area contributed by atoms with Gasteiger partial charge in [-0.3, -0.25) is 20.4 Å². The zero-order chi connectivity index (χ0) is 19.2. The van der Waals surface area contributed by atoms with Crippen molar-refractivity contribution >= 4 is 17.8 Å². The molecule has 0 radical (unpaired) electrons. The Morgan fingerprint density at radius 1 is 0.885 bits per heavy atom. The summed E-state index contributed by atoms with van der Waals surface area (Å²) in [6.45, 7) is -0.774. The van der Waals surface area contributed by atoms with Gasteiger partial charge in [0.15, 0.2) is 6.61 Å². The number of nitrogens with one attached hydrogen (secondary N) is 2. The normalized spacial score (nSPS) is 10.7. The maximum atomic E-state index is 12.6. The Morgan fingerprint density at radius 2 is 1.54 bits per heavy atom. The van der Waals surface area contributed by atoms with Crippen LogP contribution in [0.1, 0.15) is 26.3 Å². The van der Waals surface area contributed by atoms with Gasteiger partial charge in [-0.1, -0.05) is 24.3 Å². The van der Waals surface area contributed by atoms with Crippen molar-refractivity contribution in [2.45, 2.75) is 6.18 Å². The SMILES string of the molecule is O=C(COC(=O)c1cccc(C(F)(F)F)c1)NNC(=O)c1ccccc1. The monoisotopic (exact) mass is 366 g/mol. The lowest BCUT2D eigenvalue weighted by molar-refractivity contribution is -0.137. The Hall–Kier alpha value is -3.36. The van der Waals surface area contributed by atoms with E-state index in [1.165, 1.54) is 12.1 Å². The zero-order valence-electron chi connectivity index (χ0n) is 13.2. The van der Waals surface area contributed by atoms with Crippen LogP contribution in [0.15, 0.2) is 54.6 Å². The van der Waals surface area contributed by atoms with E-state index in [-0.39, 0.29) is 5.56 Å². The molecular formula is C17H13F3N2O4. The molecule has 6 nitrogen and oxygen atoms in total. The Morgan fingerprint density at radius 3 is 2.19 bits per heavy atom. The second-order valence-corrected chi connectivity index (χ2v) is 5.02. The van der Waals surface area contributed by atoms with Gasteiger partial charge in [-0.05, 0) is 30.3 Å². The minimum atomic E-state index is -4.60. The molecule has 2 aromatic carbocycles. The van der Waals surface area contributed by atoms with Crippen LogP contribution >= 0.6 is 0 Å². The number of hydrogen-bond acceptors (Lipinski definition) is 4. The number of ether oxygens (including phenoxy) is 1. The smallest absolute Gasteiger partial charge is 0.416 e. The summed E-state index contributed by atoms with van der Waals surface area (Å²) in [6, 6.07) is 11.6. The molecule has 0 aliphatic heterocycles. The van der Waals surface area contributed by atoms with Crippen LogP contribution in [0.4, 0.5) is 13.2 Å². The molecule has 0 heterocycles. The Labute approximate surface area is 145 Å². The molecule has 0 aromatic heterocycles. The van der Waals surface area contributed by atoms with E-state index in [1.807, 2.05) is 5.43 Å². The highest BCUT2D eigenvalue weighted by Gasteiger charge is 2.31. The molecule has 136 valence electrons. The highest BCUT2D eigenvalue weighted by molar-refractivity contribution is 5.96. The summed E-state index contributed by atoms with van der Waals surface area (Å²) in [6.07, 6.45) is -4.60. The van der Waals surface area contributed by atoms with E-state index in [0.717, 1.165) is 18.2 Å². The molecule has 0 aliphatic carbocycles. The van der Waals surface area contributed by atoms with Gasteiger partial charge in [0.05, 0.1) is 11.1 Å². The first-order valence-corrected chi connectivity index (χ1v) is 7.26. The van der Waals surface area contributed by atoms with Gasteiger partial charge in [0.2, 0.25) is 0 Å². The molecule has 0 aliphatic rings. The Bertz CT molecular complexity index is 807. The lowest BCUT2D eigenvalue weighted by Crippen LogP contribution is -2.43. The molecule has 0 atom stereocenters. The van der Waals surface area contributed by atoms with Crippen LogP contribution in [0.25, 0.3) is 0 Å². The third-order valence-electron chi connectivity index (χ3n) is 3.11. The van der Waals surface area contributed by atoms with Crippen LogP contribution in [0, 0.1) is 0 Å². The molecule has 2 rings (SSSR count). The maximum Gasteiger partial charge on any atom is 0.416 e. The fraction of sp³-hybridized carbons (Fsp3) is 0.118. The van der Waals surface area contributed by atoms with Gasteiger partial charge >= 0.3 is 12.1 Å². The highest BCUT2D eigenvalue weighted by atomic mass is 19.4. The zero-order valence-corrected chi connectivity index (χ0v) is 13.2.